The van der Waals surface area contributed by atoms with Gasteiger partial charge < -0.3 is 4.74 Å². The highest BCUT2D eigenvalue weighted by atomic mass is 16.5. The van der Waals surface area contributed by atoms with Crippen LogP contribution in [0.4, 0.5) is 0 Å². The molecule has 0 aliphatic heterocycles. The predicted molar refractivity (Wildman–Crippen MR) is 59.0 cm³/mol. The van der Waals surface area contributed by atoms with E-state index < -0.39 is 0 Å². The van der Waals surface area contributed by atoms with Crippen LogP contribution >= 0.6 is 0 Å². The molecule has 1 aromatic heterocycles. The third kappa shape index (κ3) is 2.25. The second kappa shape index (κ2) is 4.45. The van der Waals surface area contributed by atoms with Crippen molar-refractivity contribution in [3.8, 4) is 5.75 Å². The van der Waals surface area contributed by atoms with Gasteiger partial charge in [0.25, 0.3) is 0 Å². The molecule has 0 N–H and O–H groups in total. The Morgan fingerprint density at radius 2 is 1.79 bits per heavy atom. The highest BCUT2D eigenvalue weighted by molar-refractivity contribution is 5.35. The zero-order valence-corrected chi connectivity index (χ0v) is 9.66. The molecule has 0 unspecified atom stereocenters. The summed E-state index contributed by atoms with van der Waals surface area (Å²) < 4.78 is 5.28. The molecule has 0 radical (unpaired) electrons. The van der Waals surface area contributed by atoms with Crippen LogP contribution in [0, 0.1) is 0 Å². The van der Waals surface area contributed by atoms with E-state index in [9.17, 15) is 0 Å². The molecule has 1 rings (SSSR count). The maximum absolute atomic E-state index is 5.28. The Morgan fingerprint density at radius 1 is 1.14 bits per heavy atom. The normalized spacial score (nSPS) is 11.1. The summed E-state index contributed by atoms with van der Waals surface area (Å²) in [6.45, 7) is 8.64. The van der Waals surface area contributed by atoms with Gasteiger partial charge in [0.2, 0.25) is 0 Å². The Kier molecular flexibility index (Phi) is 3.50. The molecular weight excluding hydrogens is 174 g/mol. The van der Waals surface area contributed by atoms with Gasteiger partial charge in [-0.25, -0.2) is 0 Å². The third-order valence-electron chi connectivity index (χ3n) is 2.35. The van der Waals surface area contributed by atoms with Crippen LogP contribution < -0.4 is 4.74 Å². The first kappa shape index (κ1) is 11.0. The highest BCUT2D eigenvalue weighted by Crippen LogP contribution is 2.27. The molecule has 0 saturated carbocycles. The smallest absolute Gasteiger partial charge is 0.140 e. The van der Waals surface area contributed by atoms with Crippen LogP contribution in [-0.2, 0) is 0 Å². The highest BCUT2D eigenvalue weighted by Gasteiger charge is 2.10. The minimum absolute atomic E-state index is 0.471. The first-order chi connectivity index (χ1) is 6.56. The molecule has 1 aromatic rings. The summed E-state index contributed by atoms with van der Waals surface area (Å²) in [5.41, 5.74) is 2.38. The molecule has 14 heavy (non-hydrogen) atoms. The molecule has 0 aliphatic carbocycles. The third-order valence-corrected chi connectivity index (χ3v) is 2.35. The number of nitrogens with zero attached hydrogens (tertiary/aromatic N) is 1. The maximum atomic E-state index is 5.28. The number of hydrogen-bond acceptors (Lipinski definition) is 2. The van der Waals surface area contributed by atoms with E-state index in [-0.39, 0.29) is 0 Å². The number of methoxy groups -OCH3 is 1. The number of rotatable bonds is 3. The number of ether oxygens (including phenoxy) is 1. The van der Waals surface area contributed by atoms with Crippen LogP contribution in [0.1, 0.15) is 50.8 Å². The first-order valence-electron chi connectivity index (χ1n) is 5.10. The first-order valence-corrected chi connectivity index (χ1v) is 5.10. The van der Waals surface area contributed by atoms with Gasteiger partial charge in [-0.05, 0) is 17.9 Å². The van der Waals surface area contributed by atoms with E-state index in [1.54, 1.807) is 7.11 Å². The van der Waals surface area contributed by atoms with Crippen LogP contribution in [-0.4, -0.2) is 12.1 Å². The summed E-state index contributed by atoms with van der Waals surface area (Å²) in [6.07, 6.45) is 1.82. The average Bonchev–Trinajstić information content (AvgIpc) is 2.16. The molecule has 0 saturated heterocycles. The second-order valence-electron chi connectivity index (χ2n) is 4.16. The van der Waals surface area contributed by atoms with Crippen molar-refractivity contribution in [1.82, 2.24) is 4.98 Å². The van der Waals surface area contributed by atoms with Gasteiger partial charge in [0, 0.05) is 11.3 Å². The quantitative estimate of drug-likeness (QED) is 0.734. The minimum Gasteiger partial charge on any atom is -0.495 e. The lowest BCUT2D eigenvalue weighted by atomic mass is 9.99. The topological polar surface area (TPSA) is 22.1 Å². The van der Waals surface area contributed by atoms with Gasteiger partial charge in [0.1, 0.15) is 5.75 Å². The molecule has 0 atom stereocenters. The molecule has 0 bridgehead atoms. The molecule has 0 fully saturated rings. The SMILES string of the molecule is COc1cnc(C(C)C)cc1C(C)C. The summed E-state index contributed by atoms with van der Waals surface area (Å²) in [7, 11) is 1.69. The minimum atomic E-state index is 0.471. The summed E-state index contributed by atoms with van der Waals surface area (Å²) in [6, 6.07) is 2.15. The van der Waals surface area contributed by atoms with E-state index >= 15 is 0 Å². The van der Waals surface area contributed by atoms with Gasteiger partial charge in [0.05, 0.1) is 13.3 Å². The van der Waals surface area contributed by atoms with Crippen molar-refractivity contribution < 1.29 is 4.74 Å². The van der Waals surface area contributed by atoms with E-state index in [1.807, 2.05) is 6.20 Å². The average molecular weight is 193 g/mol. The molecule has 2 heteroatoms. The van der Waals surface area contributed by atoms with Gasteiger partial charge in [-0.3, -0.25) is 4.98 Å². The standard InChI is InChI=1S/C12H19NO/c1-8(2)10-6-11(9(3)4)13-7-12(10)14-5/h6-9H,1-5H3. The molecule has 0 spiro atoms. The Balaban J connectivity index is 3.14. The van der Waals surface area contributed by atoms with Crippen molar-refractivity contribution in [3.05, 3.63) is 23.5 Å². The fraction of sp³-hybridized carbons (Fsp3) is 0.583. The molecular formula is C12H19NO. The Labute approximate surface area is 86.3 Å². The largest absolute Gasteiger partial charge is 0.495 e. The summed E-state index contributed by atoms with van der Waals surface area (Å²) in [5.74, 6) is 1.84. The van der Waals surface area contributed by atoms with E-state index in [0.29, 0.717) is 11.8 Å². The van der Waals surface area contributed by atoms with Crippen LogP contribution in [0.3, 0.4) is 0 Å². The molecule has 0 aromatic carbocycles. The van der Waals surface area contributed by atoms with Crippen molar-refractivity contribution in [1.29, 1.82) is 0 Å². The zero-order valence-electron chi connectivity index (χ0n) is 9.66. The van der Waals surface area contributed by atoms with E-state index in [2.05, 4.69) is 38.7 Å². The van der Waals surface area contributed by atoms with Gasteiger partial charge in [-0.15, -0.1) is 0 Å². The van der Waals surface area contributed by atoms with Crippen LogP contribution in [0.2, 0.25) is 0 Å². The Hall–Kier alpha value is -1.05. The van der Waals surface area contributed by atoms with Crippen LogP contribution in [0.25, 0.3) is 0 Å². The van der Waals surface area contributed by atoms with E-state index in [1.165, 1.54) is 5.56 Å². The van der Waals surface area contributed by atoms with Gasteiger partial charge in [0.15, 0.2) is 0 Å². The van der Waals surface area contributed by atoms with Gasteiger partial charge >= 0.3 is 0 Å². The fourth-order valence-electron chi connectivity index (χ4n) is 1.41. The molecule has 1 heterocycles. The summed E-state index contributed by atoms with van der Waals surface area (Å²) in [5, 5.41) is 0. The monoisotopic (exact) mass is 193 g/mol. The van der Waals surface area contributed by atoms with E-state index in [0.717, 1.165) is 11.4 Å². The van der Waals surface area contributed by atoms with Gasteiger partial charge in [-0.2, -0.15) is 0 Å². The second-order valence-corrected chi connectivity index (χ2v) is 4.16. The van der Waals surface area contributed by atoms with Crippen molar-refractivity contribution in [3.63, 3.8) is 0 Å². The van der Waals surface area contributed by atoms with E-state index in [4.69, 9.17) is 4.74 Å². The lowest BCUT2D eigenvalue weighted by Gasteiger charge is -2.14. The molecule has 78 valence electrons. The summed E-state index contributed by atoms with van der Waals surface area (Å²) >= 11 is 0. The zero-order chi connectivity index (χ0) is 10.7. The molecule has 2 nitrogen and oxygen atoms in total. The fourth-order valence-corrected chi connectivity index (χ4v) is 1.41. The van der Waals surface area contributed by atoms with Crippen molar-refractivity contribution in [2.45, 2.75) is 39.5 Å². The number of pyridine rings is 1. The summed E-state index contributed by atoms with van der Waals surface area (Å²) in [4.78, 5) is 4.37. The van der Waals surface area contributed by atoms with Crippen molar-refractivity contribution >= 4 is 0 Å². The molecule has 0 aliphatic rings. The lowest BCUT2D eigenvalue weighted by Crippen LogP contribution is -2.00. The predicted octanol–water partition coefficient (Wildman–Crippen LogP) is 3.34. The Morgan fingerprint density at radius 3 is 2.21 bits per heavy atom. The Bertz CT molecular complexity index is 305. The lowest BCUT2D eigenvalue weighted by molar-refractivity contribution is 0.405. The molecule has 0 amide bonds. The van der Waals surface area contributed by atoms with Gasteiger partial charge in [-0.1, -0.05) is 27.7 Å². The van der Waals surface area contributed by atoms with Crippen molar-refractivity contribution in [2.24, 2.45) is 0 Å². The van der Waals surface area contributed by atoms with Crippen LogP contribution in [0.15, 0.2) is 12.3 Å². The number of aromatic nitrogens is 1. The van der Waals surface area contributed by atoms with Crippen LogP contribution in [0.5, 0.6) is 5.75 Å². The number of hydrogen-bond donors (Lipinski definition) is 0. The van der Waals surface area contributed by atoms with Crippen molar-refractivity contribution in [2.75, 3.05) is 7.11 Å². The maximum Gasteiger partial charge on any atom is 0.140 e.